The SMILES string of the molecule is C#Cc1c(C(=O)N2Cc3ccccc3C2)nn2cccnc12. The third-order valence-corrected chi connectivity index (χ3v) is 3.87. The van der Waals surface area contributed by atoms with E-state index < -0.39 is 0 Å². The molecule has 0 saturated carbocycles. The average Bonchev–Trinajstić information content (AvgIpc) is 3.15. The Hall–Kier alpha value is -3.13. The largest absolute Gasteiger partial charge is 0.329 e. The Morgan fingerprint density at radius 1 is 1.18 bits per heavy atom. The second kappa shape index (κ2) is 4.71. The fraction of sp³-hybridized carbons (Fsp3) is 0.118. The molecule has 4 rings (SSSR count). The van der Waals surface area contributed by atoms with E-state index in [1.807, 2.05) is 24.3 Å². The molecule has 3 aromatic rings. The fourth-order valence-electron chi connectivity index (χ4n) is 2.80. The molecule has 2 aromatic heterocycles. The molecule has 0 bridgehead atoms. The van der Waals surface area contributed by atoms with Gasteiger partial charge in [-0.1, -0.05) is 30.2 Å². The molecule has 3 heterocycles. The van der Waals surface area contributed by atoms with Crippen LogP contribution in [0, 0.1) is 12.3 Å². The number of carbonyl (C=O) groups is 1. The number of fused-ring (bicyclic) bond motifs is 2. The number of amides is 1. The van der Waals surface area contributed by atoms with Crippen molar-refractivity contribution in [3.05, 3.63) is 65.1 Å². The summed E-state index contributed by atoms with van der Waals surface area (Å²) in [5.41, 5.74) is 3.60. The lowest BCUT2D eigenvalue weighted by Gasteiger charge is -2.13. The standard InChI is InChI=1S/C17H12N4O/c1-2-14-15(19-21-9-5-8-18-16(14)21)17(22)20-10-12-6-3-4-7-13(12)11-20/h1,3-9H,10-11H2. The van der Waals surface area contributed by atoms with Gasteiger partial charge in [0.2, 0.25) is 0 Å². The number of hydrogen-bond acceptors (Lipinski definition) is 3. The van der Waals surface area contributed by atoms with Crippen molar-refractivity contribution in [1.82, 2.24) is 19.5 Å². The van der Waals surface area contributed by atoms with Crippen molar-refractivity contribution in [2.24, 2.45) is 0 Å². The van der Waals surface area contributed by atoms with Crippen LogP contribution in [0.5, 0.6) is 0 Å². The Morgan fingerprint density at radius 2 is 1.91 bits per heavy atom. The van der Waals surface area contributed by atoms with Gasteiger partial charge in [-0.2, -0.15) is 5.10 Å². The van der Waals surface area contributed by atoms with Gasteiger partial charge in [0.15, 0.2) is 11.3 Å². The van der Waals surface area contributed by atoms with E-state index in [0.29, 0.717) is 24.3 Å². The van der Waals surface area contributed by atoms with E-state index in [-0.39, 0.29) is 11.6 Å². The zero-order valence-corrected chi connectivity index (χ0v) is 11.7. The molecule has 0 spiro atoms. The van der Waals surface area contributed by atoms with Gasteiger partial charge in [0, 0.05) is 25.5 Å². The highest BCUT2D eigenvalue weighted by Crippen LogP contribution is 2.25. The van der Waals surface area contributed by atoms with Crippen LogP contribution in [0.2, 0.25) is 0 Å². The van der Waals surface area contributed by atoms with Gasteiger partial charge in [-0.15, -0.1) is 6.42 Å². The lowest BCUT2D eigenvalue weighted by molar-refractivity contribution is 0.0745. The van der Waals surface area contributed by atoms with Crippen LogP contribution < -0.4 is 0 Å². The first kappa shape index (κ1) is 12.6. The Labute approximate surface area is 127 Å². The van der Waals surface area contributed by atoms with Crippen molar-refractivity contribution in [3.63, 3.8) is 0 Å². The lowest BCUT2D eigenvalue weighted by Crippen LogP contribution is -2.26. The fourth-order valence-corrected chi connectivity index (χ4v) is 2.80. The smallest absolute Gasteiger partial charge is 0.276 e. The molecular formula is C17H12N4O. The van der Waals surface area contributed by atoms with Crippen LogP contribution in [0.25, 0.3) is 5.65 Å². The normalized spacial score (nSPS) is 13.1. The highest BCUT2D eigenvalue weighted by molar-refractivity contribution is 5.97. The number of terminal acetylenes is 1. The Kier molecular flexibility index (Phi) is 2.70. The third-order valence-electron chi connectivity index (χ3n) is 3.87. The molecule has 1 amide bonds. The number of nitrogens with zero attached hydrogens (tertiary/aromatic N) is 4. The predicted octanol–water partition coefficient (Wildman–Crippen LogP) is 1.87. The second-order valence-electron chi connectivity index (χ2n) is 5.19. The van der Waals surface area contributed by atoms with Gasteiger partial charge in [-0.3, -0.25) is 4.79 Å². The lowest BCUT2D eigenvalue weighted by atomic mass is 10.1. The van der Waals surface area contributed by atoms with Crippen LogP contribution in [0.1, 0.15) is 27.2 Å². The van der Waals surface area contributed by atoms with Crippen molar-refractivity contribution in [2.45, 2.75) is 13.1 Å². The number of carbonyl (C=O) groups excluding carboxylic acids is 1. The summed E-state index contributed by atoms with van der Waals surface area (Å²) in [6.45, 7) is 1.17. The summed E-state index contributed by atoms with van der Waals surface area (Å²) in [4.78, 5) is 18.8. The van der Waals surface area contributed by atoms with Crippen molar-refractivity contribution in [2.75, 3.05) is 0 Å². The second-order valence-corrected chi connectivity index (χ2v) is 5.19. The van der Waals surface area contributed by atoms with Crippen LogP contribution >= 0.6 is 0 Å². The van der Waals surface area contributed by atoms with E-state index in [9.17, 15) is 4.79 Å². The van der Waals surface area contributed by atoms with Gasteiger partial charge >= 0.3 is 0 Å². The molecule has 0 aliphatic carbocycles. The van der Waals surface area contributed by atoms with E-state index in [1.54, 1.807) is 27.9 Å². The van der Waals surface area contributed by atoms with Crippen molar-refractivity contribution in [1.29, 1.82) is 0 Å². The summed E-state index contributed by atoms with van der Waals surface area (Å²) in [6.07, 6.45) is 8.94. The summed E-state index contributed by atoms with van der Waals surface area (Å²) < 4.78 is 1.55. The van der Waals surface area contributed by atoms with Crippen molar-refractivity contribution in [3.8, 4) is 12.3 Å². The van der Waals surface area contributed by atoms with Gasteiger partial charge in [0.1, 0.15) is 5.56 Å². The molecule has 106 valence electrons. The number of aromatic nitrogens is 3. The van der Waals surface area contributed by atoms with E-state index in [0.717, 1.165) is 0 Å². The van der Waals surface area contributed by atoms with Crippen LogP contribution in [0.4, 0.5) is 0 Å². The average molecular weight is 288 g/mol. The molecule has 5 nitrogen and oxygen atoms in total. The molecule has 1 aliphatic rings. The molecule has 0 saturated heterocycles. The van der Waals surface area contributed by atoms with Crippen molar-refractivity contribution >= 4 is 11.6 Å². The topological polar surface area (TPSA) is 50.5 Å². The van der Waals surface area contributed by atoms with Gasteiger partial charge in [0.05, 0.1) is 0 Å². The molecular weight excluding hydrogens is 276 g/mol. The molecule has 1 aliphatic heterocycles. The number of rotatable bonds is 1. The molecule has 1 aromatic carbocycles. The number of benzene rings is 1. The van der Waals surface area contributed by atoms with Crippen LogP contribution in [0.3, 0.4) is 0 Å². The molecule has 0 atom stereocenters. The molecule has 0 unspecified atom stereocenters. The van der Waals surface area contributed by atoms with E-state index >= 15 is 0 Å². The summed E-state index contributed by atoms with van der Waals surface area (Å²) in [5, 5.41) is 4.31. The molecule has 5 heteroatoms. The molecule has 0 N–H and O–H groups in total. The maximum Gasteiger partial charge on any atom is 0.276 e. The predicted molar refractivity (Wildman–Crippen MR) is 80.9 cm³/mol. The van der Waals surface area contributed by atoms with Crippen LogP contribution in [-0.2, 0) is 13.1 Å². The molecule has 0 fully saturated rings. The Balaban J connectivity index is 1.74. The monoisotopic (exact) mass is 288 g/mol. The first-order valence-electron chi connectivity index (χ1n) is 6.94. The van der Waals surface area contributed by atoms with E-state index in [2.05, 4.69) is 16.0 Å². The van der Waals surface area contributed by atoms with Gasteiger partial charge in [0.25, 0.3) is 5.91 Å². The number of hydrogen-bond donors (Lipinski definition) is 0. The third kappa shape index (κ3) is 1.78. The summed E-state index contributed by atoms with van der Waals surface area (Å²) >= 11 is 0. The molecule has 0 radical (unpaired) electrons. The van der Waals surface area contributed by atoms with Gasteiger partial charge in [-0.05, 0) is 17.2 Å². The zero-order valence-electron chi connectivity index (χ0n) is 11.7. The minimum Gasteiger partial charge on any atom is -0.329 e. The highest BCUT2D eigenvalue weighted by Gasteiger charge is 2.28. The summed E-state index contributed by atoms with van der Waals surface area (Å²) in [5.74, 6) is 2.39. The molecule has 22 heavy (non-hydrogen) atoms. The zero-order chi connectivity index (χ0) is 15.1. The Morgan fingerprint density at radius 3 is 2.59 bits per heavy atom. The van der Waals surface area contributed by atoms with E-state index in [4.69, 9.17) is 6.42 Å². The van der Waals surface area contributed by atoms with Crippen LogP contribution in [0.15, 0.2) is 42.7 Å². The van der Waals surface area contributed by atoms with Crippen LogP contribution in [-0.4, -0.2) is 25.4 Å². The quantitative estimate of drug-likeness (QED) is 0.642. The minimum absolute atomic E-state index is 0.158. The summed E-state index contributed by atoms with van der Waals surface area (Å²) in [6, 6.07) is 9.79. The maximum atomic E-state index is 12.8. The first-order chi connectivity index (χ1) is 10.8. The first-order valence-corrected chi connectivity index (χ1v) is 6.94. The van der Waals surface area contributed by atoms with Crippen molar-refractivity contribution < 1.29 is 4.79 Å². The maximum absolute atomic E-state index is 12.8. The summed E-state index contributed by atoms with van der Waals surface area (Å²) in [7, 11) is 0. The van der Waals surface area contributed by atoms with Gasteiger partial charge in [-0.25, -0.2) is 9.50 Å². The van der Waals surface area contributed by atoms with Gasteiger partial charge < -0.3 is 4.90 Å². The Bertz CT molecular complexity index is 910. The highest BCUT2D eigenvalue weighted by atomic mass is 16.2. The van der Waals surface area contributed by atoms with E-state index in [1.165, 1.54) is 11.1 Å². The minimum atomic E-state index is -0.158.